The van der Waals surface area contributed by atoms with Gasteiger partial charge in [0.05, 0.1) is 13.2 Å². The molecule has 1 aliphatic heterocycles. The summed E-state index contributed by atoms with van der Waals surface area (Å²) in [4.78, 5) is 14.0. The molecule has 1 amide bonds. The molecule has 5 nitrogen and oxygen atoms in total. The normalized spacial score (nSPS) is 21.6. The second kappa shape index (κ2) is 9.30. The first-order valence-electron chi connectivity index (χ1n) is 6.97. The number of hydrogen-bond acceptors (Lipinski definition) is 4. The van der Waals surface area contributed by atoms with Crippen LogP contribution >= 0.6 is 0 Å². The maximum absolute atomic E-state index is 11.5. The predicted molar refractivity (Wildman–Crippen MR) is 72.6 cm³/mol. The Morgan fingerprint density at radius 3 is 2.94 bits per heavy atom. The number of rotatable bonds is 7. The van der Waals surface area contributed by atoms with Crippen LogP contribution in [0, 0.1) is 0 Å². The van der Waals surface area contributed by atoms with E-state index in [2.05, 4.69) is 22.5 Å². The Morgan fingerprint density at radius 1 is 1.39 bits per heavy atom. The summed E-state index contributed by atoms with van der Waals surface area (Å²) < 4.78 is 4.89. The van der Waals surface area contributed by atoms with Crippen molar-refractivity contribution in [1.29, 1.82) is 0 Å². The smallest absolute Gasteiger partial charge is 0.234 e. The lowest BCUT2D eigenvalue weighted by Gasteiger charge is -2.18. The average molecular weight is 257 g/mol. The summed E-state index contributed by atoms with van der Waals surface area (Å²) in [5.41, 5.74) is 0. The molecule has 0 aliphatic carbocycles. The first kappa shape index (κ1) is 15.4. The van der Waals surface area contributed by atoms with Crippen molar-refractivity contribution in [3.63, 3.8) is 0 Å². The highest BCUT2D eigenvalue weighted by Crippen LogP contribution is 2.10. The van der Waals surface area contributed by atoms with E-state index in [1.807, 2.05) is 0 Å². The Bertz CT molecular complexity index is 236. The van der Waals surface area contributed by atoms with Crippen molar-refractivity contribution in [3.8, 4) is 0 Å². The number of likely N-dealkylation sites (tertiary alicyclic amines) is 1. The molecule has 5 heteroatoms. The number of hydrogen-bond donors (Lipinski definition) is 2. The van der Waals surface area contributed by atoms with Gasteiger partial charge in [-0.25, -0.2) is 0 Å². The lowest BCUT2D eigenvalue weighted by Crippen LogP contribution is -2.40. The van der Waals surface area contributed by atoms with E-state index in [-0.39, 0.29) is 5.91 Å². The molecule has 1 unspecified atom stereocenters. The van der Waals surface area contributed by atoms with E-state index in [4.69, 9.17) is 4.74 Å². The highest BCUT2D eigenvalue weighted by Gasteiger charge is 2.16. The van der Waals surface area contributed by atoms with E-state index < -0.39 is 0 Å². The summed E-state index contributed by atoms with van der Waals surface area (Å²) in [6.07, 6.45) is 3.53. The quantitative estimate of drug-likeness (QED) is 0.640. The minimum Gasteiger partial charge on any atom is -0.383 e. The fraction of sp³-hybridized carbons (Fsp3) is 0.923. The Morgan fingerprint density at radius 2 is 2.22 bits per heavy atom. The van der Waals surface area contributed by atoms with Crippen molar-refractivity contribution < 1.29 is 9.53 Å². The molecule has 18 heavy (non-hydrogen) atoms. The number of nitrogens with one attached hydrogen (secondary N) is 2. The minimum absolute atomic E-state index is 0.0589. The van der Waals surface area contributed by atoms with E-state index >= 15 is 0 Å². The summed E-state index contributed by atoms with van der Waals surface area (Å²) >= 11 is 0. The number of carbonyl (C=O) groups excluding carboxylic acids is 1. The second-order valence-corrected chi connectivity index (χ2v) is 4.79. The van der Waals surface area contributed by atoms with Crippen LogP contribution in [0.2, 0.25) is 0 Å². The molecule has 1 aliphatic rings. The van der Waals surface area contributed by atoms with Gasteiger partial charge in [-0.3, -0.25) is 4.79 Å². The molecule has 106 valence electrons. The molecule has 0 bridgehead atoms. The highest BCUT2D eigenvalue weighted by atomic mass is 16.5. The molecule has 0 radical (unpaired) electrons. The molecule has 1 atom stereocenters. The van der Waals surface area contributed by atoms with Gasteiger partial charge >= 0.3 is 0 Å². The van der Waals surface area contributed by atoms with Crippen LogP contribution in [-0.2, 0) is 9.53 Å². The third-order valence-electron chi connectivity index (χ3n) is 3.45. The number of ether oxygens (including phenoxy) is 1. The van der Waals surface area contributed by atoms with E-state index in [0.29, 0.717) is 25.7 Å². The van der Waals surface area contributed by atoms with Gasteiger partial charge in [-0.15, -0.1) is 0 Å². The fourth-order valence-corrected chi connectivity index (χ4v) is 2.27. The van der Waals surface area contributed by atoms with Crippen LogP contribution in [0.15, 0.2) is 0 Å². The molecule has 0 saturated carbocycles. The molecule has 0 spiro atoms. The zero-order valence-corrected chi connectivity index (χ0v) is 11.7. The van der Waals surface area contributed by atoms with Gasteiger partial charge in [0.25, 0.3) is 0 Å². The highest BCUT2D eigenvalue weighted by molar-refractivity contribution is 5.77. The van der Waals surface area contributed by atoms with Gasteiger partial charge in [-0.2, -0.15) is 0 Å². The Labute approximate surface area is 110 Å². The van der Waals surface area contributed by atoms with Gasteiger partial charge in [-0.05, 0) is 38.9 Å². The van der Waals surface area contributed by atoms with Crippen LogP contribution in [-0.4, -0.2) is 63.3 Å². The third-order valence-corrected chi connectivity index (χ3v) is 3.45. The van der Waals surface area contributed by atoms with E-state index in [1.54, 1.807) is 7.11 Å². The lowest BCUT2D eigenvalue weighted by atomic mass is 10.1. The third kappa shape index (κ3) is 6.33. The van der Waals surface area contributed by atoms with E-state index in [9.17, 15) is 4.79 Å². The second-order valence-electron chi connectivity index (χ2n) is 4.79. The zero-order chi connectivity index (χ0) is 13.2. The molecule has 0 aromatic carbocycles. The van der Waals surface area contributed by atoms with E-state index in [1.165, 1.54) is 19.4 Å². The summed E-state index contributed by atoms with van der Waals surface area (Å²) in [6.45, 7) is 7.24. The minimum atomic E-state index is 0.0589. The van der Waals surface area contributed by atoms with Crippen molar-refractivity contribution >= 4 is 5.91 Å². The molecule has 0 aromatic heterocycles. The fourth-order valence-electron chi connectivity index (χ4n) is 2.27. The van der Waals surface area contributed by atoms with Crippen LogP contribution in [0.25, 0.3) is 0 Å². The van der Waals surface area contributed by atoms with Gasteiger partial charge in [0, 0.05) is 19.7 Å². The van der Waals surface area contributed by atoms with Crippen molar-refractivity contribution in [3.05, 3.63) is 0 Å². The summed E-state index contributed by atoms with van der Waals surface area (Å²) in [5.74, 6) is 0.0589. The number of nitrogens with zero attached hydrogens (tertiary/aromatic N) is 1. The zero-order valence-electron chi connectivity index (χ0n) is 11.7. The Hall–Kier alpha value is -0.650. The monoisotopic (exact) mass is 257 g/mol. The van der Waals surface area contributed by atoms with Crippen LogP contribution in [0.5, 0.6) is 0 Å². The van der Waals surface area contributed by atoms with E-state index in [0.717, 1.165) is 19.5 Å². The van der Waals surface area contributed by atoms with Gasteiger partial charge in [-0.1, -0.05) is 6.92 Å². The maximum Gasteiger partial charge on any atom is 0.234 e. The van der Waals surface area contributed by atoms with Gasteiger partial charge in [0.1, 0.15) is 0 Å². The van der Waals surface area contributed by atoms with Crippen LogP contribution in [0.3, 0.4) is 0 Å². The SMILES string of the molecule is CCN1CCCC(NCC(=O)NCCOC)CC1. The molecular formula is C13H27N3O2. The molecule has 0 aromatic rings. The first-order valence-corrected chi connectivity index (χ1v) is 6.97. The van der Waals surface area contributed by atoms with Crippen LogP contribution in [0.1, 0.15) is 26.2 Å². The standard InChI is InChI=1S/C13H27N3O2/c1-3-16-8-4-5-12(6-9-16)15-11-13(17)14-7-10-18-2/h12,15H,3-11H2,1-2H3,(H,14,17). The van der Waals surface area contributed by atoms with Crippen molar-refractivity contribution in [2.24, 2.45) is 0 Å². The Kier molecular flexibility index (Phi) is 7.96. The van der Waals surface area contributed by atoms with Crippen LogP contribution in [0.4, 0.5) is 0 Å². The molecule has 2 N–H and O–H groups in total. The number of amides is 1. The molecule has 1 heterocycles. The van der Waals surface area contributed by atoms with Crippen molar-refractivity contribution in [2.75, 3.05) is 46.4 Å². The van der Waals surface area contributed by atoms with Crippen LogP contribution < -0.4 is 10.6 Å². The topological polar surface area (TPSA) is 53.6 Å². The van der Waals surface area contributed by atoms with Gasteiger partial charge in [0.15, 0.2) is 0 Å². The molecule has 1 saturated heterocycles. The van der Waals surface area contributed by atoms with Gasteiger partial charge in [0.2, 0.25) is 5.91 Å². The summed E-state index contributed by atoms with van der Waals surface area (Å²) in [7, 11) is 1.63. The average Bonchev–Trinajstić information content (AvgIpc) is 2.61. The summed E-state index contributed by atoms with van der Waals surface area (Å²) in [6, 6.07) is 0.481. The predicted octanol–water partition coefficient (Wildman–Crippen LogP) is 0.213. The maximum atomic E-state index is 11.5. The number of carbonyl (C=O) groups is 1. The Balaban J connectivity index is 2.12. The molecule has 1 rings (SSSR count). The van der Waals surface area contributed by atoms with Crippen molar-refractivity contribution in [1.82, 2.24) is 15.5 Å². The van der Waals surface area contributed by atoms with Crippen molar-refractivity contribution in [2.45, 2.75) is 32.2 Å². The lowest BCUT2D eigenvalue weighted by molar-refractivity contribution is -0.120. The van der Waals surface area contributed by atoms with Gasteiger partial charge < -0.3 is 20.3 Å². The number of methoxy groups -OCH3 is 1. The molecule has 1 fully saturated rings. The first-order chi connectivity index (χ1) is 8.76. The summed E-state index contributed by atoms with van der Waals surface area (Å²) in [5, 5.41) is 6.18. The molecular weight excluding hydrogens is 230 g/mol. The largest absolute Gasteiger partial charge is 0.383 e.